The zero-order chi connectivity index (χ0) is 24.0. The minimum absolute atomic E-state index is 0.0325. The zero-order valence-electron chi connectivity index (χ0n) is 20.4. The minimum Gasteiger partial charge on any atom is -0.254 e. The highest BCUT2D eigenvalue weighted by Gasteiger charge is 2.28. The van der Waals surface area contributed by atoms with Crippen molar-refractivity contribution in [2.24, 2.45) is 10.2 Å². The fourth-order valence-corrected chi connectivity index (χ4v) is 7.62. The van der Waals surface area contributed by atoms with Crippen LogP contribution in [0.2, 0.25) is 0 Å². The van der Waals surface area contributed by atoms with Gasteiger partial charge in [-0.05, 0) is 39.3 Å². The summed E-state index contributed by atoms with van der Waals surface area (Å²) < 4.78 is 5.71. The Morgan fingerprint density at radius 3 is 1.47 bits per heavy atom. The van der Waals surface area contributed by atoms with Crippen molar-refractivity contribution in [3.63, 3.8) is 0 Å². The third kappa shape index (κ3) is 5.25. The average molecular weight is 462 g/mol. The first kappa shape index (κ1) is 23.8. The molecule has 0 aliphatic carbocycles. The van der Waals surface area contributed by atoms with Gasteiger partial charge in [0.1, 0.15) is 0 Å². The lowest BCUT2D eigenvalue weighted by atomic mass is 9.94. The minimum atomic E-state index is -2.32. The van der Waals surface area contributed by atoms with Gasteiger partial charge in [-0.15, -0.1) is 0 Å². The summed E-state index contributed by atoms with van der Waals surface area (Å²) in [7, 11) is -2.32. The van der Waals surface area contributed by atoms with E-state index in [-0.39, 0.29) is 11.3 Å². The lowest BCUT2D eigenvalue weighted by molar-refractivity contribution is 0.569. The van der Waals surface area contributed by atoms with E-state index < -0.39 is 7.05 Å². The summed E-state index contributed by atoms with van der Waals surface area (Å²) in [5.74, 6) is 7.00. The third-order valence-electron chi connectivity index (χ3n) is 5.71. The summed E-state index contributed by atoms with van der Waals surface area (Å²) >= 11 is 0. The van der Waals surface area contributed by atoms with Crippen molar-refractivity contribution in [3.8, 4) is 11.8 Å². The molecule has 1 nitrogen and oxygen atoms in total. The molecule has 0 saturated heterocycles. The molecule has 170 valence electrons. The standard InChI is InChI=1S/C32H32NP/c1-26(24-25-32(2,3)4)30-22-14-15-23-31(30)33-34(27-16-8-5-9-17-27,28-18-10-6-11-19-28)29-20-12-7-13-21-29/h5-23,26H,1-4H3. The van der Waals surface area contributed by atoms with Crippen molar-refractivity contribution in [1.82, 2.24) is 0 Å². The molecular weight excluding hydrogens is 429 g/mol. The molecule has 34 heavy (non-hydrogen) atoms. The van der Waals surface area contributed by atoms with Crippen LogP contribution in [0, 0.1) is 17.3 Å². The average Bonchev–Trinajstić information content (AvgIpc) is 2.87. The van der Waals surface area contributed by atoms with Gasteiger partial charge in [-0.3, -0.25) is 4.74 Å². The Balaban J connectivity index is 2.06. The summed E-state index contributed by atoms with van der Waals surface area (Å²) in [6.07, 6.45) is 0. The highest BCUT2D eigenvalue weighted by molar-refractivity contribution is 7.87. The van der Waals surface area contributed by atoms with E-state index in [4.69, 9.17) is 4.74 Å². The Kier molecular flexibility index (Phi) is 7.21. The Bertz CT molecular complexity index is 1230. The Labute approximate surface area is 205 Å². The van der Waals surface area contributed by atoms with Crippen LogP contribution in [0.1, 0.15) is 39.2 Å². The lowest BCUT2D eigenvalue weighted by Gasteiger charge is -2.27. The molecule has 4 rings (SSSR count). The first-order valence-corrected chi connectivity index (χ1v) is 13.6. The largest absolute Gasteiger partial charge is 0.254 e. The molecule has 4 aromatic rings. The van der Waals surface area contributed by atoms with Crippen LogP contribution < -0.4 is 15.9 Å². The van der Waals surface area contributed by atoms with Gasteiger partial charge in [0.15, 0.2) is 0 Å². The molecule has 0 spiro atoms. The molecule has 0 aromatic heterocycles. The zero-order valence-corrected chi connectivity index (χ0v) is 21.3. The molecular formula is C32H32NP. The van der Waals surface area contributed by atoms with Crippen LogP contribution in [0.3, 0.4) is 0 Å². The van der Waals surface area contributed by atoms with Crippen molar-refractivity contribution in [2.45, 2.75) is 33.6 Å². The van der Waals surface area contributed by atoms with Gasteiger partial charge in [-0.1, -0.05) is 121 Å². The van der Waals surface area contributed by atoms with Crippen LogP contribution in [0.15, 0.2) is 120 Å². The fraction of sp³-hybridized carbons (Fsp3) is 0.188. The van der Waals surface area contributed by atoms with Gasteiger partial charge in [-0.25, -0.2) is 0 Å². The van der Waals surface area contributed by atoms with E-state index >= 15 is 0 Å². The molecule has 0 aliphatic heterocycles. The summed E-state index contributed by atoms with van der Waals surface area (Å²) in [6, 6.07) is 40.8. The molecule has 1 unspecified atom stereocenters. The predicted octanol–water partition coefficient (Wildman–Crippen LogP) is 7.65. The molecule has 0 radical (unpaired) electrons. The van der Waals surface area contributed by atoms with Crippen LogP contribution in [-0.4, -0.2) is 0 Å². The van der Waals surface area contributed by atoms with Gasteiger partial charge < -0.3 is 0 Å². The Morgan fingerprint density at radius 1 is 0.618 bits per heavy atom. The lowest BCUT2D eigenvalue weighted by Crippen LogP contribution is -2.25. The van der Waals surface area contributed by atoms with E-state index in [0.717, 1.165) is 5.69 Å². The third-order valence-corrected chi connectivity index (χ3v) is 9.37. The van der Waals surface area contributed by atoms with E-state index in [1.807, 2.05) is 0 Å². The number of hydrogen-bond acceptors (Lipinski definition) is 1. The molecule has 0 aliphatic rings. The summed E-state index contributed by atoms with van der Waals surface area (Å²) in [5, 5.41) is 3.74. The highest BCUT2D eigenvalue weighted by Crippen LogP contribution is 2.50. The number of benzene rings is 4. The maximum absolute atomic E-state index is 5.71. The monoisotopic (exact) mass is 461 g/mol. The second kappa shape index (κ2) is 10.3. The molecule has 0 N–H and O–H groups in total. The highest BCUT2D eigenvalue weighted by atomic mass is 31.2. The van der Waals surface area contributed by atoms with Crippen molar-refractivity contribution < 1.29 is 0 Å². The summed E-state index contributed by atoms with van der Waals surface area (Å²) in [6.45, 7) is 8.64. The molecule has 0 bridgehead atoms. The topological polar surface area (TPSA) is 12.4 Å². The normalized spacial score (nSPS) is 12.4. The van der Waals surface area contributed by atoms with Gasteiger partial charge in [0, 0.05) is 27.2 Å². The van der Waals surface area contributed by atoms with Gasteiger partial charge in [0.25, 0.3) is 0 Å². The molecule has 0 fully saturated rings. The Morgan fingerprint density at radius 2 is 1.03 bits per heavy atom. The van der Waals surface area contributed by atoms with Crippen molar-refractivity contribution >= 4 is 28.7 Å². The van der Waals surface area contributed by atoms with Crippen LogP contribution in [0.5, 0.6) is 0 Å². The number of nitrogens with zero attached hydrogens (tertiary/aromatic N) is 1. The van der Waals surface area contributed by atoms with Crippen molar-refractivity contribution in [2.75, 3.05) is 0 Å². The summed E-state index contributed by atoms with van der Waals surface area (Å²) in [4.78, 5) is 0. The molecule has 1 atom stereocenters. The maximum Gasteiger partial charge on any atom is 0.0669 e. The van der Waals surface area contributed by atoms with Crippen molar-refractivity contribution in [1.29, 1.82) is 0 Å². The van der Waals surface area contributed by atoms with Crippen LogP contribution in [-0.2, 0) is 0 Å². The van der Waals surface area contributed by atoms with Crippen LogP contribution in [0.25, 0.3) is 0 Å². The SMILES string of the molecule is CC(C#CC(C)(C)C)c1ccccc1N=P(c1ccccc1)(c1ccccc1)c1ccccc1. The quantitative estimate of drug-likeness (QED) is 0.214. The van der Waals surface area contributed by atoms with Gasteiger partial charge >= 0.3 is 0 Å². The van der Waals surface area contributed by atoms with Gasteiger partial charge in [0.05, 0.1) is 12.7 Å². The second-order valence-electron chi connectivity index (χ2n) is 9.54. The molecule has 0 heterocycles. The molecule has 0 saturated carbocycles. The van der Waals surface area contributed by atoms with E-state index in [1.165, 1.54) is 21.5 Å². The first-order chi connectivity index (χ1) is 16.4. The molecule has 4 aromatic carbocycles. The predicted molar refractivity (Wildman–Crippen MR) is 149 cm³/mol. The van der Waals surface area contributed by atoms with Crippen LogP contribution >= 0.6 is 7.05 Å². The van der Waals surface area contributed by atoms with E-state index in [2.05, 4.69) is 155 Å². The fourth-order valence-electron chi connectivity index (χ4n) is 4.06. The van der Waals surface area contributed by atoms with Gasteiger partial charge in [-0.2, -0.15) is 0 Å². The van der Waals surface area contributed by atoms with Crippen LogP contribution in [0.4, 0.5) is 5.69 Å². The number of hydrogen-bond donors (Lipinski definition) is 0. The molecule has 0 amide bonds. The summed E-state index contributed by atoms with van der Waals surface area (Å²) in [5.41, 5.74) is 2.16. The van der Waals surface area contributed by atoms with E-state index in [1.54, 1.807) is 0 Å². The maximum atomic E-state index is 5.71. The van der Waals surface area contributed by atoms with Gasteiger partial charge in [0.2, 0.25) is 0 Å². The first-order valence-electron chi connectivity index (χ1n) is 11.8. The van der Waals surface area contributed by atoms with E-state index in [0.29, 0.717) is 0 Å². The smallest absolute Gasteiger partial charge is 0.0669 e. The van der Waals surface area contributed by atoms with Crippen molar-refractivity contribution in [3.05, 3.63) is 121 Å². The van der Waals surface area contributed by atoms with E-state index in [9.17, 15) is 0 Å². The Hall–Kier alpha value is -3.33. The molecule has 2 heteroatoms. The number of rotatable bonds is 5. The second-order valence-corrected chi connectivity index (χ2v) is 12.6.